The van der Waals surface area contributed by atoms with E-state index in [2.05, 4.69) is 10.4 Å². The minimum absolute atomic E-state index is 0.0627. The fourth-order valence-electron chi connectivity index (χ4n) is 3.00. The molecular weight excluding hydrogens is 347 g/mol. The molecule has 1 aromatic heterocycles. The summed E-state index contributed by atoms with van der Waals surface area (Å²) in [7, 11) is 0. The van der Waals surface area contributed by atoms with E-state index in [1.807, 2.05) is 0 Å². The molecule has 1 atom stereocenters. The highest BCUT2D eigenvalue weighted by molar-refractivity contribution is 5.79. The molecule has 0 aliphatic heterocycles. The maximum atomic E-state index is 12.7. The molecule has 3 rings (SSSR count). The number of carbonyl (C=O) groups is 1. The molecule has 1 heterocycles. The minimum atomic E-state index is -4.44. The Morgan fingerprint density at radius 2 is 2.08 bits per heavy atom. The van der Waals surface area contributed by atoms with Gasteiger partial charge in [-0.05, 0) is 49.4 Å². The Morgan fingerprint density at radius 1 is 1.31 bits per heavy atom. The smallest absolute Gasteiger partial charge is 0.350 e. The third kappa shape index (κ3) is 3.79. The van der Waals surface area contributed by atoms with Crippen molar-refractivity contribution in [3.8, 4) is 0 Å². The SMILES string of the molecule is C[C@@H](C(=O)NCc1cccc(C(F)(F)F)c1)n1nc2c(cc1=O)CCC2. The zero-order valence-electron chi connectivity index (χ0n) is 14.1. The van der Waals surface area contributed by atoms with Gasteiger partial charge in [0.2, 0.25) is 5.91 Å². The molecule has 138 valence electrons. The molecule has 1 aliphatic carbocycles. The number of carbonyl (C=O) groups excluding carboxylic acids is 1. The lowest BCUT2D eigenvalue weighted by Gasteiger charge is -2.15. The maximum Gasteiger partial charge on any atom is 0.416 e. The van der Waals surface area contributed by atoms with E-state index >= 15 is 0 Å². The second kappa shape index (κ2) is 6.93. The number of rotatable bonds is 4. The number of benzene rings is 1. The van der Waals surface area contributed by atoms with Crippen LogP contribution in [0, 0.1) is 0 Å². The van der Waals surface area contributed by atoms with E-state index in [0.29, 0.717) is 5.56 Å². The molecular formula is C18H18F3N3O2. The summed E-state index contributed by atoms with van der Waals surface area (Å²) in [5.74, 6) is -0.477. The zero-order chi connectivity index (χ0) is 18.9. The first-order chi connectivity index (χ1) is 12.3. The lowest BCUT2D eigenvalue weighted by atomic mass is 10.1. The number of nitrogens with zero attached hydrogens (tertiary/aromatic N) is 2. The van der Waals surface area contributed by atoms with Gasteiger partial charge in [0.05, 0.1) is 11.3 Å². The number of fused-ring (bicyclic) bond motifs is 1. The number of aromatic nitrogens is 2. The first-order valence-corrected chi connectivity index (χ1v) is 8.31. The molecule has 0 saturated heterocycles. The molecule has 0 bridgehead atoms. The topological polar surface area (TPSA) is 64.0 Å². The van der Waals surface area contributed by atoms with Crippen molar-refractivity contribution < 1.29 is 18.0 Å². The second-order valence-electron chi connectivity index (χ2n) is 6.34. The fraction of sp³-hybridized carbons (Fsp3) is 0.389. The van der Waals surface area contributed by atoms with E-state index in [1.165, 1.54) is 25.1 Å². The van der Waals surface area contributed by atoms with Crippen LogP contribution in [-0.2, 0) is 30.4 Å². The number of alkyl halides is 3. The van der Waals surface area contributed by atoms with Crippen molar-refractivity contribution in [2.45, 2.75) is 44.9 Å². The normalized spacial score (nSPS) is 14.8. The van der Waals surface area contributed by atoms with Gasteiger partial charge in [-0.15, -0.1) is 0 Å². The lowest BCUT2D eigenvalue weighted by molar-refractivity contribution is -0.137. The van der Waals surface area contributed by atoms with Crippen LogP contribution in [0.4, 0.5) is 13.2 Å². The Labute approximate surface area is 147 Å². The standard InChI is InChI=1S/C18H18F3N3O2/c1-11(24-16(25)9-13-5-3-7-15(13)23-24)17(26)22-10-12-4-2-6-14(8-12)18(19,20)21/h2,4,6,8-9,11H,3,5,7,10H2,1H3,(H,22,26)/t11-/m0/s1. The van der Waals surface area contributed by atoms with Crippen molar-refractivity contribution in [2.24, 2.45) is 0 Å². The van der Waals surface area contributed by atoms with E-state index in [9.17, 15) is 22.8 Å². The Kier molecular flexibility index (Phi) is 4.84. The average molecular weight is 365 g/mol. The number of halogens is 3. The highest BCUT2D eigenvalue weighted by atomic mass is 19.4. The van der Waals surface area contributed by atoms with Crippen LogP contribution in [0.2, 0.25) is 0 Å². The van der Waals surface area contributed by atoms with Gasteiger partial charge in [0.1, 0.15) is 6.04 Å². The van der Waals surface area contributed by atoms with Crippen LogP contribution in [0.3, 0.4) is 0 Å². The molecule has 8 heteroatoms. The molecule has 0 fully saturated rings. The summed E-state index contributed by atoms with van der Waals surface area (Å²) in [6.07, 6.45) is -1.92. The highest BCUT2D eigenvalue weighted by Gasteiger charge is 2.30. The number of hydrogen-bond donors (Lipinski definition) is 1. The van der Waals surface area contributed by atoms with Crippen molar-refractivity contribution in [3.05, 3.63) is 63.1 Å². The highest BCUT2D eigenvalue weighted by Crippen LogP contribution is 2.29. The predicted octanol–water partition coefficient (Wildman–Crippen LogP) is 2.63. The van der Waals surface area contributed by atoms with Gasteiger partial charge in [-0.1, -0.05) is 12.1 Å². The van der Waals surface area contributed by atoms with Crippen molar-refractivity contribution >= 4 is 5.91 Å². The van der Waals surface area contributed by atoms with E-state index in [-0.39, 0.29) is 12.1 Å². The molecule has 1 N–H and O–H groups in total. The first kappa shape index (κ1) is 18.2. The molecule has 26 heavy (non-hydrogen) atoms. The van der Waals surface area contributed by atoms with Gasteiger partial charge in [-0.3, -0.25) is 9.59 Å². The van der Waals surface area contributed by atoms with Crippen LogP contribution in [0.5, 0.6) is 0 Å². The average Bonchev–Trinajstić information content (AvgIpc) is 3.05. The van der Waals surface area contributed by atoms with Crippen molar-refractivity contribution in [1.82, 2.24) is 15.1 Å². The van der Waals surface area contributed by atoms with Crippen LogP contribution in [0.1, 0.15) is 41.8 Å². The van der Waals surface area contributed by atoms with Crippen LogP contribution in [0.15, 0.2) is 35.1 Å². The monoisotopic (exact) mass is 365 g/mol. The van der Waals surface area contributed by atoms with Gasteiger partial charge in [0.25, 0.3) is 5.56 Å². The molecule has 0 unspecified atom stereocenters. The van der Waals surface area contributed by atoms with Crippen molar-refractivity contribution in [3.63, 3.8) is 0 Å². The minimum Gasteiger partial charge on any atom is -0.350 e. The number of aryl methyl sites for hydroxylation is 2. The first-order valence-electron chi connectivity index (χ1n) is 8.31. The van der Waals surface area contributed by atoms with E-state index in [1.54, 1.807) is 0 Å². The Hall–Kier alpha value is -2.64. The third-order valence-electron chi connectivity index (χ3n) is 4.45. The Balaban J connectivity index is 1.70. The Morgan fingerprint density at radius 3 is 2.81 bits per heavy atom. The summed E-state index contributed by atoms with van der Waals surface area (Å²) < 4.78 is 39.3. The molecule has 1 aliphatic rings. The van der Waals surface area contributed by atoms with E-state index < -0.39 is 23.7 Å². The maximum absolute atomic E-state index is 12.7. The lowest BCUT2D eigenvalue weighted by Crippen LogP contribution is -2.37. The van der Waals surface area contributed by atoms with Gasteiger partial charge >= 0.3 is 6.18 Å². The van der Waals surface area contributed by atoms with Crippen molar-refractivity contribution in [2.75, 3.05) is 0 Å². The summed E-state index contributed by atoms with van der Waals surface area (Å²) in [4.78, 5) is 24.5. The molecule has 1 amide bonds. The van der Waals surface area contributed by atoms with Crippen LogP contribution < -0.4 is 10.9 Å². The van der Waals surface area contributed by atoms with Gasteiger partial charge in [0, 0.05) is 12.6 Å². The molecule has 1 aromatic carbocycles. The summed E-state index contributed by atoms with van der Waals surface area (Å²) in [5.41, 5.74) is 0.945. The molecule has 0 saturated carbocycles. The van der Waals surface area contributed by atoms with E-state index in [0.717, 1.165) is 47.3 Å². The quantitative estimate of drug-likeness (QED) is 0.906. The Bertz CT molecular complexity index is 890. The fourth-order valence-corrected chi connectivity index (χ4v) is 3.00. The van der Waals surface area contributed by atoms with Crippen molar-refractivity contribution in [1.29, 1.82) is 0 Å². The van der Waals surface area contributed by atoms with E-state index in [4.69, 9.17) is 0 Å². The van der Waals surface area contributed by atoms with Gasteiger partial charge < -0.3 is 5.32 Å². The molecule has 0 radical (unpaired) electrons. The number of amides is 1. The van der Waals surface area contributed by atoms with Crippen LogP contribution in [-0.4, -0.2) is 15.7 Å². The number of hydrogen-bond acceptors (Lipinski definition) is 3. The second-order valence-corrected chi connectivity index (χ2v) is 6.34. The van der Waals surface area contributed by atoms with Gasteiger partial charge in [0.15, 0.2) is 0 Å². The van der Waals surface area contributed by atoms with Crippen LogP contribution >= 0.6 is 0 Å². The summed E-state index contributed by atoms with van der Waals surface area (Å²) >= 11 is 0. The van der Waals surface area contributed by atoms with Gasteiger partial charge in [-0.25, -0.2) is 4.68 Å². The van der Waals surface area contributed by atoms with Gasteiger partial charge in [-0.2, -0.15) is 18.3 Å². The largest absolute Gasteiger partial charge is 0.416 e. The zero-order valence-corrected chi connectivity index (χ0v) is 14.1. The van der Waals surface area contributed by atoms with Crippen LogP contribution in [0.25, 0.3) is 0 Å². The summed E-state index contributed by atoms with van der Waals surface area (Å²) in [5, 5.41) is 6.83. The number of nitrogens with one attached hydrogen (secondary N) is 1. The molecule has 2 aromatic rings. The summed E-state index contributed by atoms with van der Waals surface area (Å²) in [6, 6.07) is 5.41. The third-order valence-corrected chi connectivity index (χ3v) is 4.45. The summed E-state index contributed by atoms with van der Waals surface area (Å²) in [6.45, 7) is 1.48. The molecule has 5 nitrogen and oxygen atoms in total. The predicted molar refractivity (Wildman–Crippen MR) is 88.5 cm³/mol. The molecule has 0 spiro atoms.